The number of hydrogen-bond acceptors (Lipinski definition) is 3. The maximum absolute atomic E-state index is 10.5. The molecular weight excluding hydrogens is 172 g/mol. The molecule has 11 heavy (non-hydrogen) atoms. The SMILES string of the molecule is O=C1C=C(C(=O)O)C(Cl)N=N1. The average Bonchev–Trinajstić information content (AvgIpc) is 1.94. The molecule has 0 saturated carbocycles. The molecule has 5 nitrogen and oxygen atoms in total. The van der Waals surface area contributed by atoms with Crippen molar-refractivity contribution in [2.24, 2.45) is 10.2 Å². The quantitative estimate of drug-likeness (QED) is 0.466. The van der Waals surface area contributed by atoms with E-state index in [1.54, 1.807) is 0 Å². The van der Waals surface area contributed by atoms with Crippen LogP contribution in [0.25, 0.3) is 0 Å². The Morgan fingerprint density at radius 2 is 2.36 bits per heavy atom. The third-order valence-electron chi connectivity index (χ3n) is 1.04. The van der Waals surface area contributed by atoms with Gasteiger partial charge in [-0.05, 0) is 0 Å². The highest BCUT2D eigenvalue weighted by molar-refractivity contribution is 6.26. The molecule has 0 aliphatic carbocycles. The number of nitrogens with zero attached hydrogens (tertiary/aromatic N) is 2. The first-order chi connectivity index (χ1) is 5.11. The van der Waals surface area contributed by atoms with Crippen LogP contribution < -0.4 is 0 Å². The molecule has 0 saturated heterocycles. The predicted octanol–water partition coefficient (Wildman–Crippen LogP) is 0.555. The van der Waals surface area contributed by atoms with Gasteiger partial charge < -0.3 is 5.11 Å². The van der Waals surface area contributed by atoms with Gasteiger partial charge in [0.1, 0.15) is 0 Å². The topological polar surface area (TPSA) is 79.1 Å². The van der Waals surface area contributed by atoms with Crippen LogP contribution in [0.4, 0.5) is 0 Å². The van der Waals surface area contributed by atoms with Crippen LogP contribution in [0.5, 0.6) is 0 Å². The first-order valence-corrected chi connectivity index (χ1v) is 3.08. The van der Waals surface area contributed by atoms with Crippen molar-refractivity contribution in [1.82, 2.24) is 0 Å². The monoisotopic (exact) mass is 174 g/mol. The summed E-state index contributed by atoms with van der Waals surface area (Å²) in [7, 11) is 0. The molecule has 1 heterocycles. The molecule has 0 spiro atoms. The lowest BCUT2D eigenvalue weighted by molar-refractivity contribution is -0.133. The Bertz CT molecular complexity index is 271. The number of halogens is 1. The van der Waals surface area contributed by atoms with Crippen molar-refractivity contribution in [2.45, 2.75) is 5.50 Å². The summed E-state index contributed by atoms with van der Waals surface area (Å²) in [4.78, 5) is 20.8. The summed E-state index contributed by atoms with van der Waals surface area (Å²) < 4.78 is 0. The van der Waals surface area contributed by atoms with Gasteiger partial charge in [-0.15, -0.1) is 5.11 Å². The second-order valence-electron chi connectivity index (χ2n) is 1.79. The van der Waals surface area contributed by atoms with Gasteiger partial charge in [-0.2, -0.15) is 5.11 Å². The largest absolute Gasteiger partial charge is 0.478 e. The Balaban J connectivity index is 2.93. The van der Waals surface area contributed by atoms with Crippen molar-refractivity contribution >= 4 is 23.5 Å². The highest BCUT2D eigenvalue weighted by Gasteiger charge is 2.22. The molecule has 0 aromatic rings. The molecule has 1 atom stereocenters. The third-order valence-corrected chi connectivity index (χ3v) is 1.36. The highest BCUT2D eigenvalue weighted by atomic mass is 35.5. The number of carboxylic acid groups (broad SMARTS) is 1. The van der Waals surface area contributed by atoms with E-state index < -0.39 is 17.4 Å². The minimum absolute atomic E-state index is 0.244. The number of azo groups is 1. The molecule has 1 unspecified atom stereocenters. The maximum atomic E-state index is 10.5. The van der Waals surface area contributed by atoms with Crippen molar-refractivity contribution in [1.29, 1.82) is 0 Å². The standard InChI is InChI=1S/C5H3ClN2O3/c6-4-2(5(10)11)1-3(9)7-8-4/h1,4H,(H,10,11). The van der Waals surface area contributed by atoms with Crippen molar-refractivity contribution in [3.05, 3.63) is 11.6 Å². The summed E-state index contributed by atoms with van der Waals surface area (Å²) in [6, 6.07) is 0. The third kappa shape index (κ3) is 1.62. The summed E-state index contributed by atoms with van der Waals surface area (Å²) in [5.41, 5.74) is -1.29. The van der Waals surface area contributed by atoms with E-state index in [0.717, 1.165) is 6.08 Å². The van der Waals surface area contributed by atoms with E-state index in [4.69, 9.17) is 16.7 Å². The van der Waals surface area contributed by atoms with Crippen LogP contribution in [-0.4, -0.2) is 22.5 Å². The van der Waals surface area contributed by atoms with E-state index in [2.05, 4.69) is 10.2 Å². The van der Waals surface area contributed by atoms with Crippen LogP contribution in [0.2, 0.25) is 0 Å². The lowest BCUT2D eigenvalue weighted by atomic mass is 10.2. The molecule has 6 heteroatoms. The lowest BCUT2D eigenvalue weighted by Gasteiger charge is -2.05. The fraction of sp³-hybridized carbons (Fsp3) is 0.200. The Morgan fingerprint density at radius 3 is 2.82 bits per heavy atom. The molecule has 1 rings (SSSR count). The van der Waals surface area contributed by atoms with E-state index in [9.17, 15) is 9.59 Å². The van der Waals surface area contributed by atoms with Gasteiger partial charge >= 0.3 is 5.97 Å². The summed E-state index contributed by atoms with van der Waals surface area (Å²) in [5, 5.41) is 14.7. The van der Waals surface area contributed by atoms with Crippen LogP contribution in [-0.2, 0) is 9.59 Å². The van der Waals surface area contributed by atoms with Gasteiger partial charge in [0.25, 0.3) is 5.91 Å². The van der Waals surface area contributed by atoms with Gasteiger partial charge in [0.15, 0.2) is 5.50 Å². The molecule has 1 aliphatic heterocycles. The van der Waals surface area contributed by atoms with E-state index >= 15 is 0 Å². The summed E-state index contributed by atoms with van der Waals surface area (Å²) in [6.07, 6.45) is 0.854. The fourth-order valence-electron chi connectivity index (χ4n) is 0.564. The minimum atomic E-state index is -1.25. The molecular formula is C5H3ClN2O3. The van der Waals surface area contributed by atoms with E-state index in [-0.39, 0.29) is 5.57 Å². The summed E-state index contributed by atoms with van der Waals surface area (Å²) >= 11 is 5.38. The molecule has 0 bridgehead atoms. The zero-order valence-electron chi connectivity index (χ0n) is 5.19. The van der Waals surface area contributed by atoms with Crippen LogP contribution in [0.15, 0.2) is 21.9 Å². The number of aliphatic carboxylic acids is 1. The van der Waals surface area contributed by atoms with Crippen LogP contribution >= 0.6 is 11.6 Å². The van der Waals surface area contributed by atoms with Gasteiger partial charge in [0, 0.05) is 6.08 Å². The fourth-order valence-corrected chi connectivity index (χ4v) is 0.764. The number of carbonyl (C=O) groups is 2. The Hall–Kier alpha value is -1.23. The van der Waals surface area contributed by atoms with Crippen LogP contribution in [0.3, 0.4) is 0 Å². The van der Waals surface area contributed by atoms with E-state index in [1.807, 2.05) is 0 Å². The molecule has 0 aromatic heterocycles. The zero-order valence-corrected chi connectivity index (χ0v) is 5.95. The number of hydrogen-bond donors (Lipinski definition) is 1. The number of amides is 1. The number of carboxylic acids is 1. The number of rotatable bonds is 1. The lowest BCUT2D eigenvalue weighted by Crippen LogP contribution is -2.15. The normalized spacial score (nSPS) is 23.2. The molecule has 1 N–H and O–H groups in total. The Morgan fingerprint density at radius 1 is 1.73 bits per heavy atom. The molecule has 1 amide bonds. The predicted molar refractivity (Wildman–Crippen MR) is 35.2 cm³/mol. The number of carbonyl (C=O) groups excluding carboxylic acids is 1. The Kier molecular flexibility index (Phi) is 2.00. The van der Waals surface area contributed by atoms with E-state index in [1.165, 1.54) is 0 Å². The van der Waals surface area contributed by atoms with E-state index in [0.29, 0.717) is 0 Å². The van der Waals surface area contributed by atoms with Crippen molar-refractivity contribution in [3.8, 4) is 0 Å². The number of alkyl halides is 1. The molecule has 0 radical (unpaired) electrons. The van der Waals surface area contributed by atoms with Crippen molar-refractivity contribution in [3.63, 3.8) is 0 Å². The second kappa shape index (κ2) is 2.79. The second-order valence-corrected chi connectivity index (χ2v) is 2.21. The summed E-state index contributed by atoms with van der Waals surface area (Å²) in [5.74, 6) is -1.95. The van der Waals surface area contributed by atoms with Crippen LogP contribution in [0, 0.1) is 0 Å². The van der Waals surface area contributed by atoms with Crippen molar-refractivity contribution < 1.29 is 14.7 Å². The highest BCUT2D eigenvalue weighted by Crippen LogP contribution is 2.16. The van der Waals surface area contributed by atoms with Crippen LogP contribution in [0.1, 0.15) is 0 Å². The molecule has 1 aliphatic rings. The summed E-state index contributed by atoms with van der Waals surface area (Å²) in [6.45, 7) is 0. The first kappa shape index (κ1) is 7.87. The minimum Gasteiger partial charge on any atom is -0.478 e. The molecule has 0 fully saturated rings. The van der Waals surface area contributed by atoms with Crippen molar-refractivity contribution in [2.75, 3.05) is 0 Å². The molecule has 58 valence electrons. The van der Waals surface area contributed by atoms with Gasteiger partial charge in [-0.25, -0.2) is 4.79 Å². The Labute approximate surface area is 66.4 Å². The first-order valence-electron chi connectivity index (χ1n) is 2.65. The van der Waals surface area contributed by atoms with Gasteiger partial charge in [0.2, 0.25) is 0 Å². The maximum Gasteiger partial charge on any atom is 0.335 e. The van der Waals surface area contributed by atoms with Gasteiger partial charge in [-0.3, -0.25) is 4.79 Å². The smallest absolute Gasteiger partial charge is 0.335 e. The zero-order chi connectivity index (χ0) is 8.43. The van der Waals surface area contributed by atoms with Gasteiger partial charge in [-0.1, -0.05) is 11.6 Å². The average molecular weight is 175 g/mol. The molecule has 0 aromatic carbocycles. The van der Waals surface area contributed by atoms with Gasteiger partial charge in [0.05, 0.1) is 5.57 Å².